The molecular formula is C22H25N3O6S. The number of hydrogen-bond donors (Lipinski definition) is 3. The molecule has 0 spiro atoms. The first-order valence-electron chi connectivity index (χ1n) is 10.2. The number of benzene rings is 1. The zero-order valence-corrected chi connectivity index (χ0v) is 18.9. The molecule has 170 valence electrons. The normalized spacial score (nSPS) is 15.2. The Hall–Kier alpha value is -3.40. The minimum atomic E-state index is -1.02. The number of nitrogens with one attached hydrogen (secondary N) is 2. The third kappa shape index (κ3) is 5.08. The largest absolute Gasteiger partial charge is 0.504 e. The second kappa shape index (κ2) is 10.3. The fourth-order valence-electron chi connectivity index (χ4n) is 3.44. The number of anilines is 1. The smallest absolute Gasteiger partial charge is 0.341 e. The van der Waals surface area contributed by atoms with Crippen LogP contribution in [0, 0.1) is 5.92 Å². The Kier molecular flexibility index (Phi) is 7.47. The second-order valence-electron chi connectivity index (χ2n) is 7.33. The first kappa shape index (κ1) is 23.3. The topological polar surface area (TPSA) is 126 Å². The molecule has 32 heavy (non-hydrogen) atoms. The number of phenolic OH excluding ortho intramolecular Hbond substituents is 1. The number of para-hydroxylation sites is 1. The lowest BCUT2D eigenvalue weighted by molar-refractivity contribution is -0.136. The molecule has 3 rings (SSSR count). The van der Waals surface area contributed by atoms with Gasteiger partial charge in [-0.15, -0.1) is 11.3 Å². The summed E-state index contributed by atoms with van der Waals surface area (Å²) in [4.78, 5) is 38.2. The van der Waals surface area contributed by atoms with Crippen molar-refractivity contribution in [1.29, 1.82) is 0 Å². The monoisotopic (exact) mass is 459 g/mol. The summed E-state index contributed by atoms with van der Waals surface area (Å²) >= 11 is 1.29. The quantitative estimate of drug-likeness (QED) is 0.264. The van der Waals surface area contributed by atoms with Gasteiger partial charge in [0.2, 0.25) is 0 Å². The Morgan fingerprint density at radius 3 is 2.81 bits per heavy atom. The van der Waals surface area contributed by atoms with Gasteiger partial charge in [-0.3, -0.25) is 9.59 Å². The van der Waals surface area contributed by atoms with Crippen molar-refractivity contribution in [3.05, 3.63) is 39.8 Å². The molecule has 1 aliphatic rings. The van der Waals surface area contributed by atoms with Crippen molar-refractivity contribution in [2.24, 2.45) is 11.0 Å². The molecule has 10 heteroatoms. The summed E-state index contributed by atoms with van der Waals surface area (Å²) in [5, 5.41) is 16.6. The molecule has 0 radical (unpaired) electrons. The van der Waals surface area contributed by atoms with Crippen LogP contribution in [0.1, 0.15) is 46.6 Å². The lowest BCUT2D eigenvalue weighted by Gasteiger charge is -2.18. The first-order valence-corrected chi connectivity index (χ1v) is 11.0. The van der Waals surface area contributed by atoms with Gasteiger partial charge in [0.1, 0.15) is 5.00 Å². The summed E-state index contributed by atoms with van der Waals surface area (Å²) in [7, 11) is 1.41. The van der Waals surface area contributed by atoms with Gasteiger partial charge in [-0.2, -0.15) is 5.10 Å². The molecule has 0 unspecified atom stereocenters. The maximum absolute atomic E-state index is 12.5. The van der Waals surface area contributed by atoms with Crippen LogP contribution in [0.15, 0.2) is 23.3 Å². The highest BCUT2D eigenvalue weighted by molar-refractivity contribution is 7.17. The summed E-state index contributed by atoms with van der Waals surface area (Å²) in [6.45, 7) is 4.05. The van der Waals surface area contributed by atoms with E-state index in [-0.39, 0.29) is 18.1 Å². The SMILES string of the molecule is CCOC(=O)c1c(NC(=O)C(=O)N/N=C\c2cccc(OC)c2O)sc2c1CC[C@H](C)C2. The Labute approximate surface area is 189 Å². The van der Waals surface area contributed by atoms with Gasteiger partial charge in [0.25, 0.3) is 0 Å². The molecular weight excluding hydrogens is 434 g/mol. The highest BCUT2D eigenvalue weighted by Crippen LogP contribution is 2.40. The van der Waals surface area contributed by atoms with Crippen molar-refractivity contribution in [3.8, 4) is 11.5 Å². The van der Waals surface area contributed by atoms with Gasteiger partial charge in [-0.1, -0.05) is 13.0 Å². The molecule has 3 N–H and O–H groups in total. The van der Waals surface area contributed by atoms with E-state index in [4.69, 9.17) is 9.47 Å². The third-order valence-electron chi connectivity index (χ3n) is 5.04. The van der Waals surface area contributed by atoms with Crippen LogP contribution in [0.4, 0.5) is 5.00 Å². The molecule has 0 aliphatic heterocycles. The van der Waals surface area contributed by atoms with Crippen LogP contribution in [0.2, 0.25) is 0 Å². The van der Waals surface area contributed by atoms with Crippen molar-refractivity contribution in [3.63, 3.8) is 0 Å². The second-order valence-corrected chi connectivity index (χ2v) is 8.43. The van der Waals surface area contributed by atoms with Crippen LogP contribution < -0.4 is 15.5 Å². The van der Waals surface area contributed by atoms with Gasteiger partial charge in [0, 0.05) is 10.4 Å². The maximum Gasteiger partial charge on any atom is 0.341 e. The van der Waals surface area contributed by atoms with Crippen LogP contribution in [0.5, 0.6) is 11.5 Å². The Bertz CT molecular complexity index is 1060. The van der Waals surface area contributed by atoms with Crippen LogP contribution in [0.25, 0.3) is 0 Å². The number of thiophene rings is 1. The average Bonchev–Trinajstić information content (AvgIpc) is 3.11. The number of phenols is 1. The number of amides is 2. The molecule has 2 aromatic rings. The van der Waals surface area contributed by atoms with E-state index in [2.05, 4.69) is 22.8 Å². The maximum atomic E-state index is 12.5. The van der Waals surface area contributed by atoms with Crippen LogP contribution in [-0.2, 0) is 27.2 Å². The van der Waals surface area contributed by atoms with E-state index in [1.54, 1.807) is 25.1 Å². The lowest BCUT2D eigenvalue weighted by atomic mass is 9.88. The number of carbonyl (C=O) groups excluding carboxylic acids is 3. The fourth-order valence-corrected chi connectivity index (χ4v) is 4.83. The predicted octanol–water partition coefficient (Wildman–Crippen LogP) is 2.85. The molecule has 1 aliphatic carbocycles. The summed E-state index contributed by atoms with van der Waals surface area (Å²) in [6.07, 6.45) is 3.66. The molecule has 0 saturated carbocycles. The fraction of sp³-hybridized carbons (Fsp3) is 0.364. The minimum absolute atomic E-state index is 0.144. The van der Waals surface area contributed by atoms with Crippen LogP contribution >= 0.6 is 11.3 Å². The summed E-state index contributed by atoms with van der Waals surface area (Å²) in [5.41, 5.74) is 3.62. The van der Waals surface area contributed by atoms with Crippen molar-refractivity contribution >= 4 is 40.3 Å². The predicted molar refractivity (Wildman–Crippen MR) is 120 cm³/mol. The molecule has 0 fully saturated rings. The van der Waals surface area contributed by atoms with E-state index in [0.29, 0.717) is 22.0 Å². The number of methoxy groups -OCH3 is 1. The van der Waals surface area contributed by atoms with Gasteiger partial charge in [-0.05, 0) is 49.8 Å². The first-order chi connectivity index (χ1) is 15.3. The van der Waals surface area contributed by atoms with Gasteiger partial charge in [-0.25, -0.2) is 10.2 Å². The standard InChI is InChI=1S/C22H25N3O6S/c1-4-31-22(29)17-14-9-8-12(2)10-16(14)32-21(17)24-19(27)20(28)25-23-11-13-6-5-7-15(30-3)18(13)26/h5-7,11-12,26H,4,8-10H2,1-3H3,(H,24,27)(H,25,28)/b23-11-/t12-/m0/s1. The number of aromatic hydroxyl groups is 1. The molecule has 1 aromatic heterocycles. The molecule has 9 nitrogen and oxygen atoms in total. The highest BCUT2D eigenvalue weighted by atomic mass is 32.1. The van der Waals surface area contributed by atoms with E-state index < -0.39 is 17.8 Å². The highest BCUT2D eigenvalue weighted by Gasteiger charge is 2.30. The zero-order valence-electron chi connectivity index (χ0n) is 18.1. The summed E-state index contributed by atoms with van der Waals surface area (Å²) in [6, 6.07) is 4.78. The van der Waals surface area contributed by atoms with Gasteiger partial charge >= 0.3 is 17.8 Å². The number of rotatable bonds is 6. The number of esters is 1. The van der Waals surface area contributed by atoms with Crippen LogP contribution in [0.3, 0.4) is 0 Å². The zero-order chi connectivity index (χ0) is 23.3. The van der Waals surface area contributed by atoms with Crippen LogP contribution in [-0.4, -0.2) is 42.8 Å². The van der Waals surface area contributed by atoms with Gasteiger partial charge in [0.15, 0.2) is 11.5 Å². The summed E-state index contributed by atoms with van der Waals surface area (Å²) in [5.74, 6) is -1.91. The molecule has 0 saturated heterocycles. The number of carbonyl (C=O) groups is 3. The number of fused-ring (bicyclic) bond motifs is 1. The average molecular weight is 460 g/mol. The number of hydrogen-bond acceptors (Lipinski definition) is 8. The van der Waals surface area contributed by atoms with Gasteiger partial charge < -0.3 is 19.9 Å². The Morgan fingerprint density at radius 1 is 1.31 bits per heavy atom. The van der Waals surface area contributed by atoms with Crippen molar-refractivity contribution in [2.45, 2.75) is 33.1 Å². The van der Waals surface area contributed by atoms with Crippen molar-refractivity contribution in [1.82, 2.24) is 5.43 Å². The lowest BCUT2D eigenvalue weighted by Crippen LogP contribution is -2.32. The minimum Gasteiger partial charge on any atom is -0.504 e. The Morgan fingerprint density at radius 2 is 2.09 bits per heavy atom. The number of nitrogens with zero attached hydrogens (tertiary/aromatic N) is 1. The van der Waals surface area contributed by atoms with Crippen molar-refractivity contribution < 1.29 is 29.0 Å². The van der Waals surface area contributed by atoms with E-state index in [1.807, 2.05) is 0 Å². The molecule has 2 amide bonds. The van der Waals surface area contributed by atoms with E-state index in [9.17, 15) is 19.5 Å². The molecule has 0 bridgehead atoms. The third-order valence-corrected chi connectivity index (χ3v) is 6.21. The van der Waals surface area contributed by atoms with Gasteiger partial charge in [0.05, 0.1) is 25.5 Å². The Balaban J connectivity index is 1.72. The summed E-state index contributed by atoms with van der Waals surface area (Å²) < 4.78 is 10.2. The van der Waals surface area contributed by atoms with E-state index >= 15 is 0 Å². The molecule has 1 atom stereocenters. The number of ether oxygens (including phenoxy) is 2. The number of hydrazone groups is 1. The van der Waals surface area contributed by atoms with Crippen molar-refractivity contribution in [2.75, 3.05) is 19.0 Å². The molecule has 1 aromatic carbocycles. The van der Waals surface area contributed by atoms with E-state index in [1.165, 1.54) is 24.7 Å². The molecule has 1 heterocycles. The van der Waals surface area contributed by atoms with E-state index in [0.717, 1.165) is 29.7 Å².